The molecule has 160 valence electrons. The number of benzene rings is 2. The summed E-state index contributed by atoms with van der Waals surface area (Å²) in [6, 6.07) is 12.8. The summed E-state index contributed by atoms with van der Waals surface area (Å²) in [5, 5.41) is 4.79. The van der Waals surface area contributed by atoms with E-state index in [-0.39, 0.29) is 19.2 Å². The number of amides is 2. The molecule has 2 amide bonds. The number of ether oxygens (including phenoxy) is 1. The van der Waals surface area contributed by atoms with Crippen molar-refractivity contribution in [2.24, 2.45) is 0 Å². The Morgan fingerprint density at radius 1 is 1.16 bits per heavy atom. The number of aromatic nitrogens is 1. The molecular formula is C23H21Cl2N3O3. The summed E-state index contributed by atoms with van der Waals surface area (Å²) in [7, 11) is 0. The average Bonchev–Trinajstić information content (AvgIpc) is 3.02. The third kappa shape index (κ3) is 4.40. The minimum Gasteiger partial charge on any atom is -0.462 e. The van der Waals surface area contributed by atoms with Crippen molar-refractivity contribution < 1.29 is 14.3 Å². The maximum Gasteiger partial charge on any atom is 0.341 e. The number of aromatic amines is 1. The maximum atomic E-state index is 12.9. The highest BCUT2D eigenvalue weighted by Gasteiger charge is 2.27. The van der Waals surface area contributed by atoms with Gasteiger partial charge in [0.25, 0.3) is 0 Å². The molecule has 1 aromatic heterocycles. The lowest BCUT2D eigenvalue weighted by Gasteiger charge is -2.18. The Kier molecular flexibility index (Phi) is 6.20. The molecule has 8 heteroatoms. The van der Waals surface area contributed by atoms with E-state index in [2.05, 4.69) is 10.3 Å². The normalized spacial score (nSPS) is 13.4. The van der Waals surface area contributed by atoms with Gasteiger partial charge in [0.2, 0.25) is 0 Å². The Hall–Kier alpha value is -2.96. The SMILES string of the molecule is CCOC(=O)C1=CN(C(=O)NCc2ccc(Cl)c(Cl)c2)CCc2c1[nH]c1ccccc21. The summed E-state index contributed by atoms with van der Waals surface area (Å²) in [6.07, 6.45) is 2.16. The van der Waals surface area contributed by atoms with Crippen molar-refractivity contribution in [2.45, 2.75) is 19.9 Å². The molecule has 2 N–H and O–H groups in total. The van der Waals surface area contributed by atoms with Crippen LogP contribution in [0.2, 0.25) is 10.0 Å². The standard InChI is InChI=1S/C23H21Cl2N3O3/c1-2-31-22(29)17-13-28(23(30)26-12-14-7-8-18(24)19(25)11-14)10-9-16-15-5-3-4-6-20(15)27-21(16)17/h3-8,11,13,27H,2,9-10,12H2,1H3,(H,26,30). The van der Waals surface area contributed by atoms with E-state index < -0.39 is 5.97 Å². The van der Waals surface area contributed by atoms with Gasteiger partial charge in [0, 0.05) is 30.2 Å². The first kappa shape index (κ1) is 21.3. The van der Waals surface area contributed by atoms with Crippen molar-refractivity contribution in [3.63, 3.8) is 0 Å². The number of hydrogen-bond acceptors (Lipinski definition) is 3. The minimum atomic E-state index is -0.473. The summed E-state index contributed by atoms with van der Waals surface area (Å²) in [6.45, 7) is 2.70. The molecular weight excluding hydrogens is 437 g/mol. The summed E-state index contributed by atoms with van der Waals surface area (Å²) < 4.78 is 5.26. The first-order valence-corrected chi connectivity index (χ1v) is 10.7. The van der Waals surface area contributed by atoms with Crippen molar-refractivity contribution in [2.75, 3.05) is 13.2 Å². The van der Waals surface area contributed by atoms with Crippen LogP contribution < -0.4 is 5.32 Å². The summed E-state index contributed by atoms with van der Waals surface area (Å²) in [5.74, 6) is -0.473. The van der Waals surface area contributed by atoms with E-state index in [4.69, 9.17) is 27.9 Å². The number of rotatable bonds is 4. The molecule has 1 aliphatic rings. The van der Waals surface area contributed by atoms with E-state index in [1.54, 1.807) is 31.3 Å². The van der Waals surface area contributed by atoms with E-state index in [1.165, 1.54) is 4.90 Å². The molecule has 0 unspecified atom stereocenters. The van der Waals surface area contributed by atoms with Gasteiger partial charge in [-0.05, 0) is 42.7 Å². The van der Waals surface area contributed by atoms with Gasteiger partial charge in [-0.2, -0.15) is 0 Å². The fourth-order valence-electron chi connectivity index (χ4n) is 3.66. The Morgan fingerprint density at radius 3 is 2.74 bits per heavy atom. The number of nitrogens with zero attached hydrogens (tertiary/aromatic N) is 1. The van der Waals surface area contributed by atoms with Crippen LogP contribution in [-0.2, 0) is 22.5 Å². The van der Waals surface area contributed by atoms with Crippen LogP contribution in [0.4, 0.5) is 4.79 Å². The molecule has 2 aromatic carbocycles. The molecule has 4 rings (SSSR count). The van der Waals surface area contributed by atoms with Crippen molar-refractivity contribution in [3.8, 4) is 0 Å². The van der Waals surface area contributed by atoms with Crippen LogP contribution in [0, 0.1) is 0 Å². The third-order valence-corrected chi connectivity index (χ3v) is 5.89. The van der Waals surface area contributed by atoms with Gasteiger partial charge < -0.3 is 15.0 Å². The van der Waals surface area contributed by atoms with E-state index in [0.717, 1.165) is 22.0 Å². The quantitative estimate of drug-likeness (QED) is 0.532. The van der Waals surface area contributed by atoms with E-state index in [0.29, 0.717) is 34.3 Å². The Labute approximate surface area is 189 Å². The van der Waals surface area contributed by atoms with Gasteiger partial charge in [-0.1, -0.05) is 47.5 Å². The predicted molar refractivity (Wildman–Crippen MR) is 122 cm³/mol. The molecule has 0 radical (unpaired) electrons. The van der Waals surface area contributed by atoms with Crippen LogP contribution in [0.1, 0.15) is 23.7 Å². The van der Waals surface area contributed by atoms with Crippen molar-refractivity contribution >= 4 is 51.7 Å². The monoisotopic (exact) mass is 457 g/mol. The zero-order valence-corrected chi connectivity index (χ0v) is 18.4. The van der Waals surface area contributed by atoms with Crippen LogP contribution in [-0.4, -0.2) is 35.0 Å². The lowest BCUT2D eigenvalue weighted by Crippen LogP contribution is -2.37. The average molecular weight is 458 g/mol. The number of hydrogen-bond donors (Lipinski definition) is 2. The van der Waals surface area contributed by atoms with Gasteiger partial charge in [-0.25, -0.2) is 9.59 Å². The van der Waals surface area contributed by atoms with Crippen LogP contribution >= 0.6 is 23.2 Å². The number of carbonyl (C=O) groups excluding carboxylic acids is 2. The Bertz CT molecular complexity index is 1190. The van der Waals surface area contributed by atoms with Crippen LogP contribution in [0.3, 0.4) is 0 Å². The van der Waals surface area contributed by atoms with Crippen molar-refractivity contribution in [1.29, 1.82) is 0 Å². The van der Waals surface area contributed by atoms with Crippen LogP contribution in [0.25, 0.3) is 16.5 Å². The number of H-pyrrole nitrogens is 1. The Morgan fingerprint density at radius 2 is 1.97 bits per heavy atom. The second-order valence-corrected chi connectivity index (χ2v) is 7.95. The van der Waals surface area contributed by atoms with Crippen molar-refractivity contribution in [3.05, 3.63) is 75.5 Å². The number of urea groups is 1. The summed E-state index contributed by atoms with van der Waals surface area (Å²) in [5.41, 5.74) is 3.79. The highest BCUT2D eigenvalue weighted by Crippen LogP contribution is 2.31. The highest BCUT2D eigenvalue weighted by molar-refractivity contribution is 6.42. The van der Waals surface area contributed by atoms with Gasteiger partial charge in [0.1, 0.15) is 0 Å². The smallest absolute Gasteiger partial charge is 0.341 e. The zero-order chi connectivity index (χ0) is 22.0. The number of fused-ring (bicyclic) bond motifs is 3. The van der Waals surface area contributed by atoms with E-state index in [1.807, 2.05) is 24.3 Å². The second kappa shape index (κ2) is 9.04. The molecule has 31 heavy (non-hydrogen) atoms. The molecule has 0 atom stereocenters. The summed E-state index contributed by atoms with van der Waals surface area (Å²) >= 11 is 12.0. The van der Waals surface area contributed by atoms with Crippen LogP contribution in [0.15, 0.2) is 48.7 Å². The summed E-state index contributed by atoms with van der Waals surface area (Å²) in [4.78, 5) is 30.4. The lowest BCUT2D eigenvalue weighted by molar-refractivity contribution is -0.136. The zero-order valence-electron chi connectivity index (χ0n) is 16.9. The molecule has 0 saturated heterocycles. The van der Waals surface area contributed by atoms with Crippen LogP contribution in [0.5, 0.6) is 0 Å². The number of carbonyl (C=O) groups is 2. The first-order chi connectivity index (χ1) is 15.0. The minimum absolute atomic E-state index is 0.245. The molecule has 3 aromatic rings. The molecule has 0 saturated carbocycles. The molecule has 0 fully saturated rings. The fraction of sp³-hybridized carbons (Fsp3) is 0.217. The van der Waals surface area contributed by atoms with Gasteiger partial charge >= 0.3 is 12.0 Å². The molecule has 1 aliphatic heterocycles. The number of nitrogens with one attached hydrogen (secondary N) is 2. The molecule has 0 bridgehead atoms. The number of halogens is 2. The maximum absolute atomic E-state index is 12.9. The number of para-hydroxylation sites is 1. The van der Waals surface area contributed by atoms with Gasteiger partial charge in [-0.3, -0.25) is 4.90 Å². The molecule has 6 nitrogen and oxygen atoms in total. The van der Waals surface area contributed by atoms with Gasteiger partial charge in [0.05, 0.1) is 27.9 Å². The topological polar surface area (TPSA) is 74.4 Å². The van der Waals surface area contributed by atoms with Gasteiger partial charge in [-0.15, -0.1) is 0 Å². The van der Waals surface area contributed by atoms with E-state index >= 15 is 0 Å². The third-order valence-electron chi connectivity index (χ3n) is 5.15. The largest absolute Gasteiger partial charge is 0.462 e. The predicted octanol–water partition coefficient (Wildman–Crippen LogP) is 5.15. The lowest BCUT2D eigenvalue weighted by atomic mass is 10.0. The molecule has 0 spiro atoms. The van der Waals surface area contributed by atoms with Crippen molar-refractivity contribution in [1.82, 2.24) is 15.2 Å². The Balaban J connectivity index is 1.60. The highest BCUT2D eigenvalue weighted by atomic mass is 35.5. The second-order valence-electron chi connectivity index (χ2n) is 7.14. The fourth-order valence-corrected chi connectivity index (χ4v) is 3.98. The first-order valence-electron chi connectivity index (χ1n) is 9.95. The van der Waals surface area contributed by atoms with E-state index in [9.17, 15) is 9.59 Å². The molecule has 2 heterocycles. The number of esters is 1. The molecule has 0 aliphatic carbocycles. The van der Waals surface area contributed by atoms with Gasteiger partial charge in [0.15, 0.2) is 0 Å².